The van der Waals surface area contributed by atoms with Crippen molar-refractivity contribution in [2.45, 2.75) is 45.6 Å². The van der Waals surface area contributed by atoms with Gasteiger partial charge in [0, 0.05) is 5.56 Å². The first-order chi connectivity index (χ1) is 10.5. The lowest BCUT2D eigenvalue weighted by molar-refractivity contribution is -0.123. The second-order valence-electron chi connectivity index (χ2n) is 5.90. The number of nitrogens with zero attached hydrogens (tertiary/aromatic N) is 1. The molecule has 0 fully saturated rings. The summed E-state index contributed by atoms with van der Waals surface area (Å²) in [4.78, 5) is 12.6. The molecule has 1 aromatic heterocycles. The third kappa shape index (κ3) is 2.36. The fourth-order valence-electron chi connectivity index (χ4n) is 3.32. The first kappa shape index (κ1) is 14.6. The Balaban J connectivity index is 1.78. The highest BCUT2D eigenvalue weighted by atomic mass is 16.5. The third-order valence-electron chi connectivity index (χ3n) is 4.48. The van der Waals surface area contributed by atoms with Crippen molar-refractivity contribution in [2.75, 3.05) is 0 Å². The van der Waals surface area contributed by atoms with E-state index in [0.29, 0.717) is 11.5 Å². The molecule has 0 bridgehead atoms. The van der Waals surface area contributed by atoms with Crippen LogP contribution in [-0.4, -0.2) is 16.2 Å². The van der Waals surface area contributed by atoms with Gasteiger partial charge in [-0.05, 0) is 50.8 Å². The van der Waals surface area contributed by atoms with Crippen molar-refractivity contribution in [2.24, 2.45) is 0 Å². The van der Waals surface area contributed by atoms with Gasteiger partial charge in [-0.1, -0.05) is 17.3 Å². The summed E-state index contributed by atoms with van der Waals surface area (Å²) in [6, 6.07) is 5.43. The minimum Gasteiger partial charge on any atom is -0.508 e. The van der Waals surface area contributed by atoms with Crippen LogP contribution < -0.4 is 5.32 Å². The fraction of sp³-hybridized carbons (Fsp3) is 0.412. The minimum absolute atomic E-state index is 0.0440. The monoisotopic (exact) mass is 300 g/mol. The molecule has 1 heterocycles. The van der Waals surface area contributed by atoms with Crippen LogP contribution in [0.2, 0.25) is 0 Å². The molecule has 2 atom stereocenters. The number of carbonyl (C=O) groups is 1. The lowest BCUT2D eigenvalue weighted by atomic mass is 9.98. The molecule has 0 saturated carbocycles. The van der Waals surface area contributed by atoms with Gasteiger partial charge in [-0.3, -0.25) is 4.79 Å². The van der Waals surface area contributed by atoms with Crippen LogP contribution in [-0.2, 0) is 11.2 Å². The number of aromatic hydroxyl groups is 1. The van der Waals surface area contributed by atoms with Crippen molar-refractivity contribution >= 4 is 5.91 Å². The highest BCUT2D eigenvalue weighted by molar-refractivity contribution is 5.84. The highest BCUT2D eigenvalue weighted by Crippen LogP contribution is 2.36. The van der Waals surface area contributed by atoms with Gasteiger partial charge in [0.15, 0.2) is 0 Å². The summed E-state index contributed by atoms with van der Waals surface area (Å²) < 4.78 is 5.15. The van der Waals surface area contributed by atoms with E-state index in [0.717, 1.165) is 35.2 Å². The first-order valence-corrected chi connectivity index (χ1v) is 7.53. The Bertz CT molecular complexity index is 701. The Hall–Kier alpha value is -2.30. The summed E-state index contributed by atoms with van der Waals surface area (Å²) in [5.41, 5.74) is 3.56. The van der Waals surface area contributed by atoms with Crippen LogP contribution in [0.4, 0.5) is 0 Å². The molecule has 0 radical (unpaired) electrons. The Kier molecular flexibility index (Phi) is 3.64. The smallest absolute Gasteiger partial charge is 0.227 e. The van der Waals surface area contributed by atoms with E-state index in [2.05, 4.69) is 10.5 Å². The average molecular weight is 300 g/mol. The van der Waals surface area contributed by atoms with Gasteiger partial charge >= 0.3 is 0 Å². The quantitative estimate of drug-likeness (QED) is 0.914. The molecule has 0 aliphatic heterocycles. The standard InChI is InChI=1S/C17H20N2O3/c1-9(16-10(2)19-22-11(16)3)17(21)18-14-8-7-13-12(14)5-4-6-15(13)20/h4-6,9,14,20H,7-8H2,1-3H3,(H,18,21)/t9-,14-/m0/s1. The molecule has 0 unspecified atom stereocenters. The van der Waals surface area contributed by atoms with Gasteiger partial charge < -0.3 is 14.9 Å². The summed E-state index contributed by atoms with van der Waals surface area (Å²) in [5.74, 6) is 0.640. The van der Waals surface area contributed by atoms with Crippen LogP contribution in [0.1, 0.15) is 53.4 Å². The van der Waals surface area contributed by atoms with Gasteiger partial charge in [-0.25, -0.2) is 0 Å². The van der Waals surface area contributed by atoms with Crippen LogP contribution in [0.5, 0.6) is 5.75 Å². The van der Waals surface area contributed by atoms with Crippen molar-refractivity contribution in [3.05, 3.63) is 46.3 Å². The predicted octanol–water partition coefficient (Wildman–Crippen LogP) is 2.90. The largest absolute Gasteiger partial charge is 0.508 e. The van der Waals surface area contributed by atoms with E-state index in [1.165, 1.54) is 0 Å². The zero-order chi connectivity index (χ0) is 15.9. The van der Waals surface area contributed by atoms with E-state index in [-0.39, 0.29) is 17.9 Å². The van der Waals surface area contributed by atoms with Gasteiger partial charge in [0.05, 0.1) is 17.7 Å². The van der Waals surface area contributed by atoms with E-state index < -0.39 is 0 Å². The maximum Gasteiger partial charge on any atom is 0.227 e. The Morgan fingerprint density at radius 2 is 2.23 bits per heavy atom. The Morgan fingerprint density at radius 1 is 1.45 bits per heavy atom. The highest BCUT2D eigenvalue weighted by Gasteiger charge is 2.29. The molecule has 3 rings (SSSR count). The van der Waals surface area contributed by atoms with Gasteiger partial charge in [0.1, 0.15) is 11.5 Å². The lowest BCUT2D eigenvalue weighted by Gasteiger charge is -2.18. The van der Waals surface area contributed by atoms with Crippen LogP contribution >= 0.6 is 0 Å². The van der Waals surface area contributed by atoms with Gasteiger partial charge in [-0.15, -0.1) is 0 Å². The number of fused-ring (bicyclic) bond motifs is 1. The van der Waals surface area contributed by atoms with Crippen molar-refractivity contribution in [3.63, 3.8) is 0 Å². The van der Waals surface area contributed by atoms with Crippen molar-refractivity contribution < 1.29 is 14.4 Å². The van der Waals surface area contributed by atoms with Crippen molar-refractivity contribution in [1.29, 1.82) is 0 Å². The molecule has 1 amide bonds. The molecule has 0 spiro atoms. The molecular weight excluding hydrogens is 280 g/mol. The molecule has 116 valence electrons. The summed E-state index contributed by atoms with van der Waals surface area (Å²) in [6.45, 7) is 5.53. The van der Waals surface area contributed by atoms with Gasteiger partial charge in [0.25, 0.3) is 0 Å². The molecular formula is C17H20N2O3. The SMILES string of the molecule is Cc1noc(C)c1[C@H](C)C(=O)N[C@H]1CCc2c(O)cccc21. The minimum atomic E-state index is -0.312. The molecule has 1 aliphatic rings. The number of phenolic OH excluding ortho intramolecular Hbond substituents is 1. The average Bonchev–Trinajstić information content (AvgIpc) is 3.04. The van der Waals surface area contributed by atoms with E-state index >= 15 is 0 Å². The molecule has 2 N–H and O–H groups in total. The summed E-state index contributed by atoms with van der Waals surface area (Å²) in [6.07, 6.45) is 1.60. The number of nitrogens with one attached hydrogen (secondary N) is 1. The molecule has 5 nitrogen and oxygen atoms in total. The van der Waals surface area contributed by atoms with Crippen molar-refractivity contribution in [3.8, 4) is 5.75 Å². The topological polar surface area (TPSA) is 75.4 Å². The lowest BCUT2D eigenvalue weighted by Crippen LogP contribution is -2.31. The molecule has 1 aromatic carbocycles. The summed E-state index contributed by atoms with van der Waals surface area (Å²) in [7, 11) is 0. The Labute approximate surface area is 129 Å². The number of phenols is 1. The van der Waals surface area contributed by atoms with E-state index in [4.69, 9.17) is 4.52 Å². The van der Waals surface area contributed by atoms with E-state index in [9.17, 15) is 9.90 Å². The number of carbonyl (C=O) groups excluding carboxylic acids is 1. The number of hydrogen-bond acceptors (Lipinski definition) is 4. The number of hydrogen-bond donors (Lipinski definition) is 2. The third-order valence-corrected chi connectivity index (χ3v) is 4.48. The number of rotatable bonds is 3. The van der Waals surface area contributed by atoms with Crippen LogP contribution in [0, 0.1) is 13.8 Å². The maximum absolute atomic E-state index is 12.6. The Morgan fingerprint density at radius 3 is 2.91 bits per heavy atom. The zero-order valence-corrected chi connectivity index (χ0v) is 13.0. The second-order valence-corrected chi connectivity index (χ2v) is 5.90. The van der Waals surface area contributed by atoms with Gasteiger partial charge in [0.2, 0.25) is 5.91 Å². The predicted molar refractivity (Wildman–Crippen MR) is 81.7 cm³/mol. The number of benzene rings is 1. The number of aromatic nitrogens is 1. The zero-order valence-electron chi connectivity index (χ0n) is 13.0. The molecule has 22 heavy (non-hydrogen) atoms. The number of amides is 1. The molecule has 5 heteroatoms. The van der Waals surface area contributed by atoms with Crippen LogP contribution in [0.25, 0.3) is 0 Å². The second kappa shape index (κ2) is 5.48. The molecule has 1 aliphatic carbocycles. The summed E-state index contributed by atoms with van der Waals surface area (Å²) >= 11 is 0. The van der Waals surface area contributed by atoms with E-state index in [1.54, 1.807) is 6.07 Å². The molecule has 0 saturated heterocycles. The number of aryl methyl sites for hydroxylation is 2. The normalized spacial score (nSPS) is 18.0. The van der Waals surface area contributed by atoms with Gasteiger partial charge in [-0.2, -0.15) is 0 Å². The first-order valence-electron chi connectivity index (χ1n) is 7.53. The van der Waals surface area contributed by atoms with Crippen LogP contribution in [0.15, 0.2) is 22.7 Å². The summed E-state index contributed by atoms with van der Waals surface area (Å²) in [5, 5.41) is 16.9. The van der Waals surface area contributed by atoms with Crippen molar-refractivity contribution in [1.82, 2.24) is 10.5 Å². The van der Waals surface area contributed by atoms with Crippen LogP contribution in [0.3, 0.4) is 0 Å². The fourth-order valence-corrected chi connectivity index (χ4v) is 3.32. The maximum atomic E-state index is 12.6. The molecule has 2 aromatic rings. The van der Waals surface area contributed by atoms with E-state index in [1.807, 2.05) is 32.9 Å².